The van der Waals surface area contributed by atoms with Crippen molar-refractivity contribution in [3.05, 3.63) is 36.2 Å². The van der Waals surface area contributed by atoms with Crippen LogP contribution in [0.3, 0.4) is 0 Å². The van der Waals surface area contributed by atoms with Gasteiger partial charge in [0.1, 0.15) is 6.04 Å². The summed E-state index contributed by atoms with van der Waals surface area (Å²) in [5.74, 6) is 3.42. The maximum atomic E-state index is 12.2. The van der Waals surface area contributed by atoms with Crippen molar-refractivity contribution in [3.63, 3.8) is 0 Å². The Kier molecular flexibility index (Phi) is 4.57. The first kappa shape index (κ1) is 15.1. The Labute approximate surface area is 134 Å². The van der Waals surface area contributed by atoms with Gasteiger partial charge in [0.05, 0.1) is 6.54 Å². The summed E-state index contributed by atoms with van der Waals surface area (Å²) in [6.07, 6.45) is 7.98. The molecule has 6 nitrogen and oxygen atoms in total. The van der Waals surface area contributed by atoms with E-state index in [4.69, 9.17) is 10.9 Å². The first-order valence-electron chi connectivity index (χ1n) is 7.66. The Morgan fingerprint density at radius 2 is 2.22 bits per heavy atom. The largest absolute Gasteiger partial charge is 0.337 e. The van der Waals surface area contributed by atoms with Gasteiger partial charge in [-0.05, 0) is 19.3 Å². The Morgan fingerprint density at radius 3 is 3.00 bits per heavy atom. The number of benzene rings is 1. The molecule has 1 aliphatic rings. The number of nitrogens with zero attached hydrogens (tertiary/aromatic N) is 3. The van der Waals surface area contributed by atoms with Crippen LogP contribution in [0.4, 0.5) is 4.79 Å². The quantitative estimate of drug-likeness (QED) is 0.885. The van der Waals surface area contributed by atoms with Crippen LogP contribution in [-0.4, -0.2) is 34.2 Å². The van der Waals surface area contributed by atoms with Gasteiger partial charge in [-0.1, -0.05) is 41.4 Å². The third-order valence-electron chi connectivity index (χ3n) is 3.86. The highest BCUT2D eigenvalue weighted by molar-refractivity contribution is 5.75. The van der Waals surface area contributed by atoms with Gasteiger partial charge in [-0.3, -0.25) is 0 Å². The number of rotatable bonds is 3. The molecule has 6 heteroatoms. The fourth-order valence-corrected chi connectivity index (χ4v) is 2.73. The van der Waals surface area contributed by atoms with Crippen LogP contribution in [0, 0.1) is 12.3 Å². The van der Waals surface area contributed by atoms with E-state index in [0.29, 0.717) is 18.3 Å². The number of amides is 2. The molecule has 0 spiro atoms. The van der Waals surface area contributed by atoms with E-state index in [1.54, 1.807) is 4.90 Å². The van der Waals surface area contributed by atoms with Crippen LogP contribution in [0.5, 0.6) is 0 Å². The van der Waals surface area contributed by atoms with E-state index in [1.165, 1.54) is 0 Å². The number of hydrogen-bond acceptors (Lipinski definition) is 4. The molecular formula is C17H18N4O2. The average molecular weight is 310 g/mol. The maximum Gasteiger partial charge on any atom is 0.318 e. The molecule has 1 aromatic carbocycles. The Morgan fingerprint density at radius 1 is 1.39 bits per heavy atom. The highest BCUT2D eigenvalue weighted by atomic mass is 16.5. The minimum atomic E-state index is -0.202. The van der Waals surface area contributed by atoms with E-state index in [2.05, 4.69) is 21.4 Å². The van der Waals surface area contributed by atoms with E-state index in [9.17, 15) is 4.79 Å². The monoisotopic (exact) mass is 310 g/mol. The summed E-state index contributed by atoms with van der Waals surface area (Å²) in [6, 6.07) is 9.23. The van der Waals surface area contributed by atoms with Crippen LogP contribution in [-0.2, 0) is 0 Å². The summed E-state index contributed by atoms with van der Waals surface area (Å²) in [4.78, 5) is 18.4. The predicted molar refractivity (Wildman–Crippen MR) is 85.3 cm³/mol. The second-order valence-corrected chi connectivity index (χ2v) is 5.39. The van der Waals surface area contributed by atoms with Crippen molar-refractivity contribution in [2.45, 2.75) is 25.3 Å². The summed E-state index contributed by atoms with van der Waals surface area (Å²) >= 11 is 0. The molecule has 2 heterocycles. The molecule has 1 aliphatic heterocycles. The van der Waals surface area contributed by atoms with Crippen molar-refractivity contribution < 1.29 is 9.32 Å². The molecule has 23 heavy (non-hydrogen) atoms. The minimum absolute atomic E-state index is 0.188. The van der Waals surface area contributed by atoms with Gasteiger partial charge >= 0.3 is 6.03 Å². The molecule has 0 saturated carbocycles. The molecule has 2 amide bonds. The molecule has 0 unspecified atom stereocenters. The zero-order valence-corrected chi connectivity index (χ0v) is 12.7. The lowest BCUT2D eigenvalue weighted by atomic mass is 10.0. The zero-order valence-electron chi connectivity index (χ0n) is 12.7. The molecule has 0 radical (unpaired) electrons. The number of hydrogen-bond donors (Lipinski definition) is 1. The van der Waals surface area contributed by atoms with Crippen LogP contribution < -0.4 is 5.32 Å². The Hall–Kier alpha value is -2.81. The number of nitrogens with one attached hydrogen (secondary N) is 1. The van der Waals surface area contributed by atoms with Gasteiger partial charge in [-0.2, -0.15) is 4.98 Å². The number of carbonyl (C=O) groups is 1. The molecule has 1 aromatic heterocycles. The van der Waals surface area contributed by atoms with Crippen molar-refractivity contribution in [2.24, 2.45) is 0 Å². The highest BCUT2D eigenvalue weighted by Crippen LogP contribution is 2.31. The van der Waals surface area contributed by atoms with Gasteiger partial charge < -0.3 is 14.7 Å². The van der Waals surface area contributed by atoms with Gasteiger partial charge in [-0.15, -0.1) is 6.42 Å². The van der Waals surface area contributed by atoms with Gasteiger partial charge in [-0.25, -0.2) is 4.79 Å². The Bertz CT molecular complexity index is 705. The normalized spacial score (nSPS) is 17.5. The van der Waals surface area contributed by atoms with Gasteiger partial charge in [0, 0.05) is 12.1 Å². The van der Waals surface area contributed by atoms with Gasteiger partial charge in [0.25, 0.3) is 0 Å². The number of carbonyl (C=O) groups excluding carboxylic acids is 1. The summed E-state index contributed by atoms with van der Waals surface area (Å²) in [5, 5.41) is 6.74. The number of aromatic nitrogens is 2. The fourth-order valence-electron chi connectivity index (χ4n) is 2.73. The number of urea groups is 1. The van der Waals surface area contributed by atoms with Gasteiger partial charge in [0.2, 0.25) is 11.7 Å². The molecular weight excluding hydrogens is 292 g/mol. The van der Waals surface area contributed by atoms with Crippen LogP contribution in [0.2, 0.25) is 0 Å². The smallest absolute Gasteiger partial charge is 0.318 e. The molecule has 118 valence electrons. The van der Waals surface area contributed by atoms with E-state index in [0.717, 1.165) is 24.8 Å². The van der Waals surface area contributed by atoms with Crippen molar-refractivity contribution in [3.8, 4) is 23.7 Å². The molecule has 1 atom stereocenters. The molecule has 1 N–H and O–H groups in total. The molecule has 0 bridgehead atoms. The van der Waals surface area contributed by atoms with Crippen molar-refractivity contribution in [1.29, 1.82) is 0 Å². The molecule has 3 rings (SSSR count). The standard InChI is InChI=1S/C17H18N4O2/c1-2-11-18-17(22)21-12-7-6-10-14(21)16-19-15(20-23-16)13-8-4-3-5-9-13/h1,3-5,8-9,14H,6-7,10-12H2,(H,18,22)/t14-/m1/s1. The van der Waals surface area contributed by atoms with E-state index < -0.39 is 0 Å². The lowest BCUT2D eigenvalue weighted by molar-refractivity contribution is 0.133. The molecule has 1 saturated heterocycles. The summed E-state index contributed by atoms with van der Waals surface area (Å²) in [6.45, 7) is 0.866. The number of terminal acetylenes is 1. The van der Waals surface area contributed by atoms with Crippen LogP contribution in [0.25, 0.3) is 11.4 Å². The van der Waals surface area contributed by atoms with Crippen molar-refractivity contribution in [2.75, 3.05) is 13.1 Å². The van der Waals surface area contributed by atoms with Crippen molar-refractivity contribution in [1.82, 2.24) is 20.4 Å². The fraction of sp³-hybridized carbons (Fsp3) is 0.353. The summed E-state index contributed by atoms with van der Waals surface area (Å²) in [5.41, 5.74) is 0.890. The van der Waals surface area contributed by atoms with E-state index in [1.807, 2.05) is 30.3 Å². The topological polar surface area (TPSA) is 71.3 Å². The van der Waals surface area contributed by atoms with Crippen LogP contribution >= 0.6 is 0 Å². The lowest BCUT2D eigenvalue weighted by Gasteiger charge is -2.33. The summed E-state index contributed by atoms with van der Waals surface area (Å²) in [7, 11) is 0. The SMILES string of the molecule is C#CCNC(=O)N1CCCC[C@@H]1c1nc(-c2ccccc2)no1. The predicted octanol–water partition coefficient (Wildman–Crippen LogP) is 2.61. The molecule has 1 fully saturated rings. The van der Waals surface area contributed by atoms with Crippen LogP contribution in [0.1, 0.15) is 31.2 Å². The second-order valence-electron chi connectivity index (χ2n) is 5.39. The number of likely N-dealkylation sites (tertiary alicyclic amines) is 1. The lowest BCUT2D eigenvalue weighted by Crippen LogP contribution is -2.44. The van der Waals surface area contributed by atoms with Crippen LogP contribution in [0.15, 0.2) is 34.9 Å². The maximum absolute atomic E-state index is 12.2. The number of piperidine rings is 1. The zero-order chi connectivity index (χ0) is 16.1. The van der Waals surface area contributed by atoms with Gasteiger partial charge in [0.15, 0.2) is 0 Å². The van der Waals surface area contributed by atoms with E-state index in [-0.39, 0.29) is 18.6 Å². The molecule has 0 aliphatic carbocycles. The average Bonchev–Trinajstić information content (AvgIpc) is 3.10. The first-order valence-corrected chi connectivity index (χ1v) is 7.66. The van der Waals surface area contributed by atoms with Crippen molar-refractivity contribution >= 4 is 6.03 Å². The first-order chi connectivity index (χ1) is 11.3. The minimum Gasteiger partial charge on any atom is -0.337 e. The van der Waals surface area contributed by atoms with E-state index >= 15 is 0 Å². The molecule has 2 aromatic rings. The second kappa shape index (κ2) is 6.97. The summed E-state index contributed by atoms with van der Waals surface area (Å²) < 4.78 is 5.42. The Balaban J connectivity index is 1.80. The highest BCUT2D eigenvalue weighted by Gasteiger charge is 2.32. The third-order valence-corrected chi connectivity index (χ3v) is 3.86. The third kappa shape index (κ3) is 3.34.